The maximum atomic E-state index is 10.8. The fourth-order valence-corrected chi connectivity index (χ4v) is 3.81. The summed E-state index contributed by atoms with van der Waals surface area (Å²) < 4.78 is 0. The first-order valence-electron chi connectivity index (χ1n) is 6.57. The zero-order valence-electron chi connectivity index (χ0n) is 11.1. The highest BCUT2D eigenvalue weighted by Gasteiger charge is 2.21. The molecule has 0 spiro atoms. The van der Waals surface area contributed by atoms with E-state index in [2.05, 4.69) is 17.4 Å². The molecule has 0 aliphatic carbocycles. The Morgan fingerprint density at radius 2 is 2.10 bits per heavy atom. The number of hydrogen-bond donors (Lipinski definition) is 1. The van der Waals surface area contributed by atoms with E-state index in [-0.39, 0.29) is 16.8 Å². The Kier molecular flexibility index (Phi) is 4.03. The Labute approximate surface area is 131 Å². The molecule has 0 saturated heterocycles. The van der Waals surface area contributed by atoms with E-state index < -0.39 is 4.92 Å². The fourth-order valence-electron chi connectivity index (χ4n) is 2.44. The Morgan fingerprint density at radius 3 is 2.86 bits per heavy atom. The third-order valence-corrected chi connectivity index (χ3v) is 4.87. The summed E-state index contributed by atoms with van der Waals surface area (Å²) >= 11 is 7.81. The summed E-state index contributed by atoms with van der Waals surface area (Å²) in [5.41, 5.74) is 2.00. The van der Waals surface area contributed by atoms with Gasteiger partial charge in [0.05, 0.1) is 11.0 Å². The number of anilines is 1. The Morgan fingerprint density at radius 1 is 1.29 bits per heavy atom. The first-order chi connectivity index (χ1) is 10.1. The molecule has 1 aliphatic rings. The van der Waals surface area contributed by atoms with Gasteiger partial charge in [-0.15, -0.1) is 11.8 Å². The van der Waals surface area contributed by atoms with Crippen molar-refractivity contribution >= 4 is 34.7 Å². The maximum absolute atomic E-state index is 10.8. The molecule has 108 valence electrons. The summed E-state index contributed by atoms with van der Waals surface area (Å²) in [6.07, 6.45) is 1.01. The van der Waals surface area contributed by atoms with Gasteiger partial charge < -0.3 is 5.32 Å². The van der Waals surface area contributed by atoms with Crippen LogP contribution in [-0.2, 0) is 0 Å². The molecule has 0 radical (unpaired) electrons. The Hall–Kier alpha value is -1.72. The molecule has 0 bridgehead atoms. The molecular weight excluding hydrogens is 308 g/mol. The predicted molar refractivity (Wildman–Crippen MR) is 86.3 cm³/mol. The van der Waals surface area contributed by atoms with Crippen LogP contribution in [0.15, 0.2) is 47.4 Å². The monoisotopic (exact) mass is 320 g/mol. The van der Waals surface area contributed by atoms with E-state index in [0.717, 1.165) is 17.9 Å². The van der Waals surface area contributed by atoms with E-state index in [1.807, 2.05) is 23.9 Å². The van der Waals surface area contributed by atoms with Crippen molar-refractivity contribution in [1.82, 2.24) is 0 Å². The van der Waals surface area contributed by atoms with Gasteiger partial charge in [-0.2, -0.15) is 0 Å². The van der Waals surface area contributed by atoms with Crippen LogP contribution in [0.1, 0.15) is 18.0 Å². The molecule has 0 fully saturated rings. The fraction of sp³-hybridized carbons (Fsp3) is 0.200. The van der Waals surface area contributed by atoms with Gasteiger partial charge >= 0.3 is 0 Å². The molecule has 1 atom stereocenters. The van der Waals surface area contributed by atoms with Crippen molar-refractivity contribution in [3.63, 3.8) is 0 Å². The van der Waals surface area contributed by atoms with Gasteiger partial charge in [0.1, 0.15) is 5.02 Å². The van der Waals surface area contributed by atoms with Gasteiger partial charge in [0, 0.05) is 22.4 Å². The second kappa shape index (κ2) is 5.95. The van der Waals surface area contributed by atoms with Crippen molar-refractivity contribution < 1.29 is 4.92 Å². The molecule has 1 aliphatic heterocycles. The minimum atomic E-state index is -0.474. The summed E-state index contributed by atoms with van der Waals surface area (Å²) in [6.45, 7) is 0. The minimum Gasteiger partial charge on any atom is -0.378 e. The minimum absolute atomic E-state index is 0.0678. The van der Waals surface area contributed by atoms with Gasteiger partial charge in [0.2, 0.25) is 0 Å². The number of hydrogen-bond acceptors (Lipinski definition) is 4. The van der Waals surface area contributed by atoms with Crippen LogP contribution in [0.25, 0.3) is 0 Å². The van der Waals surface area contributed by atoms with Crippen LogP contribution in [0.4, 0.5) is 11.4 Å². The summed E-state index contributed by atoms with van der Waals surface area (Å²) in [7, 11) is 0. The SMILES string of the molecule is O=[N+]([O-])c1ccc(NC2CCSc3ccccc32)cc1Cl. The van der Waals surface area contributed by atoms with Gasteiger partial charge in [-0.05, 0) is 30.2 Å². The number of fused-ring (bicyclic) bond motifs is 1. The van der Waals surface area contributed by atoms with Crippen molar-refractivity contribution in [1.29, 1.82) is 0 Å². The van der Waals surface area contributed by atoms with Crippen molar-refractivity contribution in [3.05, 3.63) is 63.2 Å². The van der Waals surface area contributed by atoms with E-state index in [1.165, 1.54) is 16.5 Å². The van der Waals surface area contributed by atoms with E-state index in [9.17, 15) is 10.1 Å². The molecule has 6 heteroatoms. The average molecular weight is 321 g/mol. The van der Waals surface area contributed by atoms with Gasteiger partial charge in [0.15, 0.2) is 0 Å². The molecule has 1 N–H and O–H groups in total. The molecule has 4 nitrogen and oxygen atoms in total. The molecule has 2 aromatic carbocycles. The Bertz CT molecular complexity index is 693. The third kappa shape index (κ3) is 2.99. The third-order valence-electron chi connectivity index (χ3n) is 3.44. The zero-order valence-corrected chi connectivity index (χ0v) is 12.7. The zero-order chi connectivity index (χ0) is 14.8. The first kappa shape index (κ1) is 14.2. The molecule has 1 heterocycles. The second-order valence-electron chi connectivity index (χ2n) is 4.80. The second-order valence-corrected chi connectivity index (χ2v) is 6.34. The van der Waals surface area contributed by atoms with Crippen molar-refractivity contribution in [2.24, 2.45) is 0 Å². The lowest BCUT2D eigenvalue weighted by Gasteiger charge is -2.26. The van der Waals surface area contributed by atoms with Crippen LogP contribution in [0.3, 0.4) is 0 Å². The van der Waals surface area contributed by atoms with Crippen LogP contribution in [0.2, 0.25) is 5.02 Å². The van der Waals surface area contributed by atoms with E-state index in [4.69, 9.17) is 11.6 Å². The maximum Gasteiger partial charge on any atom is 0.288 e. The molecule has 21 heavy (non-hydrogen) atoms. The quantitative estimate of drug-likeness (QED) is 0.645. The standard InChI is InChI=1S/C15H13ClN2O2S/c16-12-9-10(5-6-14(12)18(19)20)17-13-7-8-21-15-4-2-1-3-11(13)15/h1-6,9,13,17H,7-8H2. The molecule has 0 saturated carbocycles. The number of nitro groups is 1. The van der Waals surface area contributed by atoms with Gasteiger partial charge in [0.25, 0.3) is 5.69 Å². The highest BCUT2D eigenvalue weighted by atomic mass is 35.5. The lowest BCUT2D eigenvalue weighted by molar-refractivity contribution is -0.384. The molecular formula is C15H13ClN2O2S. The number of halogens is 1. The lowest BCUT2D eigenvalue weighted by Crippen LogP contribution is -2.16. The molecule has 3 rings (SSSR count). The molecule has 0 amide bonds. The number of nitrogens with one attached hydrogen (secondary N) is 1. The van der Waals surface area contributed by atoms with E-state index in [0.29, 0.717) is 0 Å². The summed E-state index contributed by atoms with van der Waals surface area (Å²) in [5, 5.41) is 14.4. The predicted octanol–water partition coefficient (Wildman–Crippen LogP) is 4.90. The number of nitrogens with zero attached hydrogens (tertiary/aromatic N) is 1. The van der Waals surface area contributed by atoms with E-state index in [1.54, 1.807) is 12.1 Å². The lowest BCUT2D eigenvalue weighted by atomic mass is 10.0. The van der Waals surface area contributed by atoms with Gasteiger partial charge in [-0.1, -0.05) is 29.8 Å². The highest BCUT2D eigenvalue weighted by Crippen LogP contribution is 2.38. The summed E-state index contributed by atoms with van der Waals surface area (Å²) in [4.78, 5) is 11.6. The number of thioether (sulfide) groups is 1. The van der Waals surface area contributed by atoms with Gasteiger partial charge in [-0.25, -0.2) is 0 Å². The number of benzene rings is 2. The van der Waals surface area contributed by atoms with Crippen LogP contribution in [0.5, 0.6) is 0 Å². The van der Waals surface area contributed by atoms with Crippen molar-refractivity contribution in [3.8, 4) is 0 Å². The van der Waals surface area contributed by atoms with Crippen LogP contribution in [0, 0.1) is 10.1 Å². The number of rotatable bonds is 3. The van der Waals surface area contributed by atoms with E-state index >= 15 is 0 Å². The average Bonchev–Trinajstić information content (AvgIpc) is 2.47. The summed E-state index contributed by atoms with van der Waals surface area (Å²) in [5.74, 6) is 1.05. The number of nitro benzene ring substituents is 1. The van der Waals surface area contributed by atoms with Crippen LogP contribution in [-0.4, -0.2) is 10.7 Å². The molecule has 1 unspecified atom stereocenters. The molecule has 0 aromatic heterocycles. The topological polar surface area (TPSA) is 55.2 Å². The normalized spacial score (nSPS) is 17.1. The smallest absolute Gasteiger partial charge is 0.288 e. The van der Waals surface area contributed by atoms with Gasteiger partial charge in [-0.3, -0.25) is 10.1 Å². The van der Waals surface area contributed by atoms with Crippen molar-refractivity contribution in [2.75, 3.05) is 11.1 Å². The molecule has 2 aromatic rings. The van der Waals surface area contributed by atoms with Crippen molar-refractivity contribution in [2.45, 2.75) is 17.4 Å². The largest absolute Gasteiger partial charge is 0.378 e. The van der Waals surface area contributed by atoms with Crippen LogP contribution < -0.4 is 5.32 Å². The highest BCUT2D eigenvalue weighted by molar-refractivity contribution is 7.99. The van der Waals surface area contributed by atoms with Crippen LogP contribution >= 0.6 is 23.4 Å². The summed E-state index contributed by atoms with van der Waals surface area (Å²) in [6, 6.07) is 13.3. The Balaban J connectivity index is 1.85. The first-order valence-corrected chi connectivity index (χ1v) is 7.94.